The SMILES string of the molecule is O=C(O)CCN1CCN(c2ccc(C(F)(F)F)cc2)CC1.[H-].[Li+]. The average molecular weight is 310 g/mol. The molecule has 0 spiro atoms. The van der Waals surface area contributed by atoms with Crippen LogP contribution < -0.4 is 23.8 Å². The van der Waals surface area contributed by atoms with Crippen LogP contribution in [-0.4, -0.2) is 48.7 Å². The molecule has 0 aromatic heterocycles. The molecule has 1 aromatic carbocycles. The van der Waals surface area contributed by atoms with E-state index < -0.39 is 17.7 Å². The average Bonchev–Trinajstić information content (AvgIpc) is 2.45. The van der Waals surface area contributed by atoms with Gasteiger partial charge in [0.05, 0.1) is 12.0 Å². The van der Waals surface area contributed by atoms with Crippen molar-refractivity contribution in [2.24, 2.45) is 0 Å². The summed E-state index contributed by atoms with van der Waals surface area (Å²) in [4.78, 5) is 14.6. The molecule has 1 aliphatic heterocycles. The molecule has 1 aliphatic rings. The van der Waals surface area contributed by atoms with Crippen molar-refractivity contribution in [3.63, 3.8) is 0 Å². The third-order valence-corrected chi connectivity index (χ3v) is 3.57. The van der Waals surface area contributed by atoms with Gasteiger partial charge in [0.1, 0.15) is 0 Å². The van der Waals surface area contributed by atoms with Gasteiger partial charge in [-0.05, 0) is 24.3 Å². The van der Waals surface area contributed by atoms with E-state index in [0.717, 1.165) is 17.8 Å². The summed E-state index contributed by atoms with van der Waals surface area (Å²) in [6.07, 6.45) is -4.20. The van der Waals surface area contributed by atoms with Gasteiger partial charge < -0.3 is 11.4 Å². The van der Waals surface area contributed by atoms with Gasteiger partial charge in [0.25, 0.3) is 0 Å². The molecule has 2 rings (SSSR count). The van der Waals surface area contributed by atoms with Crippen LogP contribution >= 0.6 is 0 Å². The first-order valence-electron chi connectivity index (χ1n) is 6.72. The van der Waals surface area contributed by atoms with E-state index in [0.29, 0.717) is 32.7 Å². The van der Waals surface area contributed by atoms with Crippen molar-refractivity contribution in [2.45, 2.75) is 12.6 Å². The Kier molecular flexibility index (Phi) is 6.79. The third-order valence-electron chi connectivity index (χ3n) is 3.57. The minimum Gasteiger partial charge on any atom is -1.00 e. The van der Waals surface area contributed by atoms with Crippen molar-refractivity contribution in [1.29, 1.82) is 0 Å². The number of alkyl halides is 3. The summed E-state index contributed by atoms with van der Waals surface area (Å²) in [7, 11) is 0. The molecular formula is C14H18F3LiN2O2. The van der Waals surface area contributed by atoms with E-state index >= 15 is 0 Å². The molecule has 22 heavy (non-hydrogen) atoms. The van der Waals surface area contributed by atoms with E-state index in [1.54, 1.807) is 0 Å². The predicted octanol–water partition coefficient (Wildman–Crippen LogP) is -0.581. The molecule has 0 amide bonds. The third kappa shape index (κ3) is 5.23. The van der Waals surface area contributed by atoms with E-state index in [9.17, 15) is 18.0 Å². The molecule has 4 nitrogen and oxygen atoms in total. The summed E-state index contributed by atoms with van der Waals surface area (Å²) in [5, 5.41) is 8.64. The summed E-state index contributed by atoms with van der Waals surface area (Å²) in [6, 6.07) is 5.14. The smallest absolute Gasteiger partial charge is 1.00 e. The van der Waals surface area contributed by atoms with Crippen molar-refractivity contribution in [3.05, 3.63) is 29.8 Å². The van der Waals surface area contributed by atoms with Gasteiger partial charge in [-0.1, -0.05) is 0 Å². The second-order valence-corrected chi connectivity index (χ2v) is 5.02. The molecule has 1 heterocycles. The summed E-state index contributed by atoms with van der Waals surface area (Å²) in [5.41, 5.74) is 0.118. The number of hydrogen-bond acceptors (Lipinski definition) is 3. The molecular weight excluding hydrogens is 292 g/mol. The van der Waals surface area contributed by atoms with Crippen LogP contribution in [0.4, 0.5) is 18.9 Å². The van der Waals surface area contributed by atoms with Crippen LogP contribution in [0.3, 0.4) is 0 Å². The number of aliphatic carboxylic acids is 1. The molecule has 0 unspecified atom stereocenters. The van der Waals surface area contributed by atoms with Gasteiger partial charge in [-0.3, -0.25) is 9.69 Å². The van der Waals surface area contributed by atoms with E-state index in [1.807, 2.05) is 4.90 Å². The summed E-state index contributed by atoms with van der Waals surface area (Å²) in [5.74, 6) is -0.819. The van der Waals surface area contributed by atoms with Gasteiger partial charge in [-0.2, -0.15) is 13.2 Å². The van der Waals surface area contributed by atoms with Gasteiger partial charge in [0.15, 0.2) is 0 Å². The minimum absolute atomic E-state index is 0. The zero-order valence-corrected chi connectivity index (χ0v) is 12.4. The van der Waals surface area contributed by atoms with Crippen molar-refractivity contribution in [2.75, 3.05) is 37.6 Å². The van der Waals surface area contributed by atoms with E-state index in [1.165, 1.54) is 12.1 Å². The van der Waals surface area contributed by atoms with E-state index in [-0.39, 0.29) is 26.7 Å². The van der Waals surface area contributed by atoms with Crippen LogP contribution in [0.2, 0.25) is 0 Å². The molecule has 1 aromatic rings. The number of anilines is 1. The maximum Gasteiger partial charge on any atom is 1.00 e. The summed E-state index contributed by atoms with van der Waals surface area (Å²) in [6.45, 7) is 3.31. The Labute approximate surface area is 140 Å². The molecule has 0 radical (unpaired) electrons. The summed E-state index contributed by atoms with van der Waals surface area (Å²) >= 11 is 0. The fourth-order valence-corrected chi connectivity index (χ4v) is 2.34. The Morgan fingerprint density at radius 3 is 2.14 bits per heavy atom. The number of rotatable bonds is 4. The van der Waals surface area contributed by atoms with Gasteiger partial charge in [0.2, 0.25) is 0 Å². The van der Waals surface area contributed by atoms with Gasteiger partial charge in [-0.25, -0.2) is 0 Å². The van der Waals surface area contributed by atoms with Crippen LogP contribution in [0.5, 0.6) is 0 Å². The van der Waals surface area contributed by atoms with Crippen LogP contribution in [0.15, 0.2) is 24.3 Å². The van der Waals surface area contributed by atoms with Crippen LogP contribution in [-0.2, 0) is 11.0 Å². The minimum atomic E-state index is -4.31. The maximum atomic E-state index is 12.5. The number of nitrogens with zero attached hydrogens (tertiary/aromatic N) is 2. The fourth-order valence-electron chi connectivity index (χ4n) is 2.34. The monoisotopic (exact) mass is 310 g/mol. The second kappa shape index (κ2) is 7.91. The molecule has 1 N–H and O–H groups in total. The standard InChI is InChI=1S/C14H17F3N2O2.Li.H/c15-14(16,17)11-1-3-12(4-2-11)19-9-7-18(8-10-19)6-5-13(20)21;;/h1-4H,5-10H2,(H,20,21);;/q;+1;-1. The molecule has 118 valence electrons. The van der Waals surface area contributed by atoms with Crippen molar-refractivity contribution < 1.29 is 43.4 Å². The quantitative estimate of drug-likeness (QED) is 0.756. The van der Waals surface area contributed by atoms with Crippen LogP contribution in [0.25, 0.3) is 0 Å². The molecule has 1 saturated heterocycles. The van der Waals surface area contributed by atoms with Crippen LogP contribution in [0.1, 0.15) is 13.4 Å². The molecule has 1 fully saturated rings. The van der Waals surface area contributed by atoms with Crippen molar-refractivity contribution >= 4 is 11.7 Å². The fraction of sp³-hybridized carbons (Fsp3) is 0.500. The molecule has 8 heteroatoms. The Balaban J connectivity index is 0.00000242. The van der Waals surface area contributed by atoms with Gasteiger partial charge in [-0.15, -0.1) is 0 Å². The number of hydrogen-bond donors (Lipinski definition) is 1. The number of halogens is 3. The number of carboxylic acid groups (broad SMARTS) is 1. The van der Waals surface area contributed by atoms with E-state index in [2.05, 4.69) is 4.90 Å². The van der Waals surface area contributed by atoms with Crippen molar-refractivity contribution in [3.8, 4) is 0 Å². The first-order valence-corrected chi connectivity index (χ1v) is 6.72. The Morgan fingerprint density at radius 1 is 1.14 bits per heavy atom. The molecule has 0 aliphatic carbocycles. The van der Waals surface area contributed by atoms with Gasteiger partial charge >= 0.3 is 31.0 Å². The van der Waals surface area contributed by atoms with Gasteiger partial charge in [0, 0.05) is 38.4 Å². The van der Waals surface area contributed by atoms with E-state index in [4.69, 9.17) is 5.11 Å². The Hall–Kier alpha value is -1.16. The molecule has 0 saturated carbocycles. The maximum absolute atomic E-state index is 12.5. The largest absolute Gasteiger partial charge is 1.00 e. The summed E-state index contributed by atoms with van der Waals surface area (Å²) < 4.78 is 37.5. The predicted molar refractivity (Wildman–Crippen MR) is 73.5 cm³/mol. The van der Waals surface area contributed by atoms with Crippen molar-refractivity contribution in [1.82, 2.24) is 4.90 Å². The Bertz CT molecular complexity index is 492. The molecule has 0 atom stereocenters. The molecule has 0 bridgehead atoms. The van der Waals surface area contributed by atoms with Crippen LogP contribution in [0, 0.1) is 0 Å². The zero-order chi connectivity index (χ0) is 15.5. The number of carboxylic acids is 1. The zero-order valence-electron chi connectivity index (χ0n) is 13.4. The number of carbonyl (C=O) groups is 1. The first-order chi connectivity index (χ1) is 9.86. The number of benzene rings is 1. The number of piperazine rings is 1. The second-order valence-electron chi connectivity index (χ2n) is 5.02. The Morgan fingerprint density at radius 2 is 1.68 bits per heavy atom. The topological polar surface area (TPSA) is 43.8 Å². The normalized spacial score (nSPS) is 16.2. The first kappa shape index (κ1) is 18.9.